The van der Waals surface area contributed by atoms with E-state index in [2.05, 4.69) is 34.3 Å². The van der Waals surface area contributed by atoms with E-state index in [1.165, 1.54) is 17.8 Å². The lowest BCUT2D eigenvalue weighted by Gasteiger charge is -2.34. The summed E-state index contributed by atoms with van der Waals surface area (Å²) in [7, 11) is -1.56. The predicted molar refractivity (Wildman–Crippen MR) is 116 cm³/mol. The number of nitrogens with one attached hydrogen (secondary N) is 1. The molecule has 0 radical (unpaired) electrons. The van der Waals surface area contributed by atoms with Gasteiger partial charge in [0, 0.05) is 44.0 Å². The summed E-state index contributed by atoms with van der Waals surface area (Å²) in [6.07, 6.45) is 0.837. The Hall–Kier alpha value is -2.42. The lowest BCUT2D eigenvalue weighted by molar-refractivity contribution is -0.116. The molecule has 1 saturated heterocycles. The van der Waals surface area contributed by atoms with Gasteiger partial charge >= 0.3 is 0 Å². The number of aryl methyl sites for hydroxylation is 2. The normalized spacial score (nSPS) is 15.3. The molecule has 3 N–H and O–H groups in total. The van der Waals surface area contributed by atoms with Crippen LogP contribution in [0.15, 0.2) is 47.4 Å². The number of likely N-dealkylation sites (N-methyl/N-ethyl adjacent to an activating group) is 1. The third kappa shape index (κ3) is 5.79. The van der Waals surface area contributed by atoms with Crippen LogP contribution >= 0.6 is 0 Å². The minimum absolute atomic E-state index is 0.0711. The first-order valence-corrected chi connectivity index (χ1v) is 11.2. The Bertz CT molecular complexity index is 966. The first-order chi connectivity index (χ1) is 13.7. The molecule has 0 spiro atoms. The second-order valence-electron chi connectivity index (χ2n) is 7.53. The fourth-order valence-electron chi connectivity index (χ4n) is 3.37. The van der Waals surface area contributed by atoms with Crippen LogP contribution in [0.3, 0.4) is 0 Å². The Morgan fingerprint density at radius 1 is 1.07 bits per heavy atom. The molecular weight excluding hydrogens is 388 g/mol. The summed E-state index contributed by atoms with van der Waals surface area (Å²) in [6, 6.07) is 12.4. The van der Waals surface area contributed by atoms with E-state index in [9.17, 15) is 13.2 Å². The van der Waals surface area contributed by atoms with Crippen LogP contribution in [0.4, 0.5) is 11.4 Å². The van der Waals surface area contributed by atoms with Gasteiger partial charge in [0.05, 0.1) is 4.90 Å². The number of nitrogens with two attached hydrogens (primary N) is 1. The van der Waals surface area contributed by atoms with Crippen LogP contribution in [-0.4, -0.2) is 52.5 Å². The zero-order valence-corrected chi connectivity index (χ0v) is 17.7. The van der Waals surface area contributed by atoms with Gasteiger partial charge in [-0.3, -0.25) is 4.79 Å². The molecule has 2 aromatic carbocycles. The topological polar surface area (TPSA) is 95.7 Å². The number of hydrogen-bond donors (Lipinski definition) is 2. The van der Waals surface area contributed by atoms with Crippen LogP contribution in [0.25, 0.3) is 0 Å². The van der Waals surface area contributed by atoms with Gasteiger partial charge in [-0.1, -0.05) is 12.1 Å². The molecule has 0 aromatic heterocycles. The summed E-state index contributed by atoms with van der Waals surface area (Å²) in [5.74, 6) is -0.0732. The Morgan fingerprint density at radius 3 is 2.31 bits per heavy atom. The zero-order valence-electron chi connectivity index (χ0n) is 16.9. The van der Waals surface area contributed by atoms with Gasteiger partial charge in [0.2, 0.25) is 15.9 Å². The van der Waals surface area contributed by atoms with Crippen molar-refractivity contribution in [3.05, 3.63) is 53.6 Å². The molecule has 156 valence electrons. The summed E-state index contributed by atoms with van der Waals surface area (Å²) in [5.41, 5.74) is 3.92. The molecule has 7 nitrogen and oxygen atoms in total. The standard InChI is InChI=1S/C21H28N4O3S/c1-16-15-18(25-13-11-24(2)12-14-25)6-9-20(16)23-21(26)10-5-17-3-7-19(8-4-17)29(22,27)28/h3-4,6-9,15H,5,10-14H2,1-2H3,(H,23,26)(H2,22,27,28). The summed E-state index contributed by atoms with van der Waals surface area (Å²) < 4.78 is 22.6. The van der Waals surface area contributed by atoms with E-state index < -0.39 is 10.0 Å². The molecule has 0 saturated carbocycles. The van der Waals surface area contributed by atoms with Crippen molar-refractivity contribution in [2.45, 2.75) is 24.7 Å². The van der Waals surface area contributed by atoms with Gasteiger partial charge in [-0.2, -0.15) is 0 Å². The van der Waals surface area contributed by atoms with Crippen molar-refractivity contribution in [1.29, 1.82) is 0 Å². The van der Waals surface area contributed by atoms with E-state index in [1.54, 1.807) is 12.1 Å². The van der Waals surface area contributed by atoms with Crippen LogP contribution in [0, 0.1) is 6.92 Å². The minimum Gasteiger partial charge on any atom is -0.369 e. The number of carbonyl (C=O) groups is 1. The maximum absolute atomic E-state index is 12.3. The van der Waals surface area contributed by atoms with Crippen LogP contribution in [0.5, 0.6) is 0 Å². The maximum atomic E-state index is 12.3. The number of piperazine rings is 1. The first-order valence-electron chi connectivity index (χ1n) is 9.68. The Kier molecular flexibility index (Phi) is 6.56. The van der Waals surface area contributed by atoms with Crippen LogP contribution in [0.1, 0.15) is 17.5 Å². The van der Waals surface area contributed by atoms with Crippen LogP contribution < -0.4 is 15.4 Å². The van der Waals surface area contributed by atoms with Crippen molar-refractivity contribution in [2.75, 3.05) is 43.4 Å². The number of amides is 1. The summed E-state index contributed by atoms with van der Waals surface area (Å²) in [6.45, 7) is 6.12. The van der Waals surface area contributed by atoms with Gasteiger partial charge in [-0.05, 0) is 61.9 Å². The number of benzene rings is 2. The number of nitrogens with zero attached hydrogens (tertiary/aromatic N) is 2. The molecule has 0 atom stereocenters. The van der Waals surface area contributed by atoms with Gasteiger partial charge in [0.25, 0.3) is 0 Å². The van der Waals surface area contributed by atoms with Crippen molar-refractivity contribution in [3.63, 3.8) is 0 Å². The second-order valence-corrected chi connectivity index (χ2v) is 9.09. The number of primary sulfonamides is 1. The van der Waals surface area contributed by atoms with E-state index >= 15 is 0 Å². The fraction of sp³-hybridized carbons (Fsp3) is 0.381. The van der Waals surface area contributed by atoms with E-state index in [1.807, 2.05) is 13.0 Å². The Labute approximate surface area is 172 Å². The molecule has 2 aromatic rings. The number of carbonyl (C=O) groups excluding carboxylic acids is 1. The molecule has 1 aliphatic heterocycles. The number of sulfonamides is 1. The molecule has 1 heterocycles. The molecule has 0 bridgehead atoms. The molecule has 8 heteroatoms. The number of rotatable bonds is 6. The molecule has 1 amide bonds. The molecule has 0 unspecified atom stereocenters. The first kappa shape index (κ1) is 21.3. The smallest absolute Gasteiger partial charge is 0.238 e. The Balaban J connectivity index is 1.55. The summed E-state index contributed by atoms with van der Waals surface area (Å²) >= 11 is 0. The van der Waals surface area contributed by atoms with Gasteiger partial charge in [0.15, 0.2) is 0 Å². The van der Waals surface area contributed by atoms with Crippen molar-refractivity contribution in [3.8, 4) is 0 Å². The van der Waals surface area contributed by atoms with Gasteiger partial charge in [-0.25, -0.2) is 13.6 Å². The predicted octanol–water partition coefficient (Wildman–Crippen LogP) is 1.97. The van der Waals surface area contributed by atoms with E-state index in [0.717, 1.165) is 43.0 Å². The third-order valence-corrected chi connectivity index (χ3v) is 6.17. The molecule has 1 fully saturated rings. The number of hydrogen-bond acceptors (Lipinski definition) is 5. The highest BCUT2D eigenvalue weighted by molar-refractivity contribution is 7.89. The lowest BCUT2D eigenvalue weighted by Crippen LogP contribution is -2.44. The molecular formula is C21H28N4O3S. The van der Waals surface area contributed by atoms with Crippen molar-refractivity contribution in [2.24, 2.45) is 5.14 Å². The number of anilines is 2. The SMILES string of the molecule is Cc1cc(N2CCN(C)CC2)ccc1NC(=O)CCc1ccc(S(N)(=O)=O)cc1. The summed E-state index contributed by atoms with van der Waals surface area (Å²) in [4.78, 5) is 17.1. The van der Waals surface area contributed by atoms with E-state index in [-0.39, 0.29) is 10.8 Å². The quantitative estimate of drug-likeness (QED) is 0.751. The fourth-order valence-corrected chi connectivity index (χ4v) is 3.88. The van der Waals surface area contributed by atoms with E-state index in [0.29, 0.717) is 12.8 Å². The molecule has 3 rings (SSSR count). The summed E-state index contributed by atoms with van der Waals surface area (Å²) in [5, 5.41) is 8.07. The van der Waals surface area contributed by atoms with Gasteiger partial charge in [0.1, 0.15) is 0 Å². The maximum Gasteiger partial charge on any atom is 0.238 e. The molecule has 29 heavy (non-hydrogen) atoms. The average Bonchev–Trinajstić information content (AvgIpc) is 2.68. The van der Waals surface area contributed by atoms with Crippen LogP contribution in [-0.2, 0) is 21.2 Å². The highest BCUT2D eigenvalue weighted by Crippen LogP contribution is 2.24. The largest absolute Gasteiger partial charge is 0.369 e. The highest BCUT2D eigenvalue weighted by Gasteiger charge is 2.15. The zero-order chi connectivity index (χ0) is 21.0. The van der Waals surface area contributed by atoms with Crippen LogP contribution in [0.2, 0.25) is 0 Å². The van der Waals surface area contributed by atoms with Crippen molar-refractivity contribution < 1.29 is 13.2 Å². The molecule has 0 aliphatic carbocycles. The Morgan fingerprint density at radius 2 is 1.72 bits per heavy atom. The average molecular weight is 417 g/mol. The van der Waals surface area contributed by atoms with Crippen molar-refractivity contribution in [1.82, 2.24) is 4.90 Å². The van der Waals surface area contributed by atoms with E-state index in [4.69, 9.17) is 5.14 Å². The minimum atomic E-state index is -3.70. The van der Waals surface area contributed by atoms with Gasteiger partial charge in [-0.15, -0.1) is 0 Å². The van der Waals surface area contributed by atoms with Crippen molar-refractivity contribution >= 4 is 27.3 Å². The van der Waals surface area contributed by atoms with Gasteiger partial charge < -0.3 is 15.1 Å². The monoisotopic (exact) mass is 416 g/mol. The lowest BCUT2D eigenvalue weighted by atomic mass is 10.1. The molecule has 1 aliphatic rings. The second kappa shape index (κ2) is 8.94. The highest BCUT2D eigenvalue weighted by atomic mass is 32.2. The third-order valence-electron chi connectivity index (χ3n) is 5.25.